The van der Waals surface area contributed by atoms with Crippen LogP contribution in [0.2, 0.25) is 10.0 Å². The van der Waals surface area contributed by atoms with E-state index in [-0.39, 0.29) is 12.3 Å². The maximum atomic E-state index is 12.2. The molecule has 1 heterocycles. The molecule has 0 atom stereocenters. The third-order valence-corrected chi connectivity index (χ3v) is 4.91. The van der Waals surface area contributed by atoms with Crippen LogP contribution in [0.5, 0.6) is 0 Å². The van der Waals surface area contributed by atoms with Gasteiger partial charge in [0.25, 0.3) is 0 Å². The monoisotopic (exact) mass is 350 g/mol. The van der Waals surface area contributed by atoms with Crippen LogP contribution in [0.4, 0.5) is 5.13 Å². The van der Waals surface area contributed by atoms with E-state index in [0.717, 1.165) is 15.8 Å². The van der Waals surface area contributed by atoms with E-state index in [4.69, 9.17) is 23.2 Å². The first kappa shape index (κ1) is 15.3. The van der Waals surface area contributed by atoms with Crippen LogP contribution in [0, 0.1) is 6.92 Å². The second-order valence-electron chi connectivity index (χ2n) is 4.87. The third kappa shape index (κ3) is 3.09. The van der Waals surface area contributed by atoms with Gasteiger partial charge in [0.2, 0.25) is 5.91 Å². The number of benzene rings is 2. The summed E-state index contributed by atoms with van der Waals surface area (Å²) in [6.45, 7) is 2.00. The zero-order chi connectivity index (χ0) is 15.7. The average molecular weight is 351 g/mol. The lowest BCUT2D eigenvalue weighted by Crippen LogP contribution is -2.14. The predicted molar refractivity (Wildman–Crippen MR) is 93.2 cm³/mol. The molecule has 112 valence electrons. The standard InChI is InChI=1S/C16H12Cl2N2OS/c1-9-4-2-7-13-15(9)20-16(22-13)19-14(21)8-10-11(17)5-3-6-12(10)18/h2-7H,8H2,1H3,(H,19,20,21). The van der Waals surface area contributed by atoms with Gasteiger partial charge in [-0.25, -0.2) is 4.98 Å². The number of hydrogen-bond donors (Lipinski definition) is 1. The highest BCUT2D eigenvalue weighted by Crippen LogP contribution is 2.29. The summed E-state index contributed by atoms with van der Waals surface area (Å²) in [5.41, 5.74) is 2.63. The summed E-state index contributed by atoms with van der Waals surface area (Å²) in [4.78, 5) is 16.6. The minimum atomic E-state index is -0.188. The predicted octanol–water partition coefficient (Wildman–Crippen LogP) is 5.09. The number of amides is 1. The largest absolute Gasteiger partial charge is 0.302 e. The molecule has 0 aliphatic rings. The quantitative estimate of drug-likeness (QED) is 0.714. The Morgan fingerprint density at radius 3 is 2.55 bits per heavy atom. The Bertz CT molecular complexity index is 840. The maximum absolute atomic E-state index is 12.2. The summed E-state index contributed by atoms with van der Waals surface area (Å²) in [5.74, 6) is -0.188. The van der Waals surface area contributed by atoms with E-state index in [1.54, 1.807) is 18.2 Å². The molecule has 1 amide bonds. The second-order valence-corrected chi connectivity index (χ2v) is 6.71. The molecular weight excluding hydrogens is 339 g/mol. The van der Waals surface area contributed by atoms with Crippen LogP contribution in [0.25, 0.3) is 10.2 Å². The number of thiazole rings is 1. The smallest absolute Gasteiger partial charge is 0.230 e. The van der Waals surface area contributed by atoms with Gasteiger partial charge in [-0.15, -0.1) is 0 Å². The van der Waals surface area contributed by atoms with Crippen LogP contribution in [0.15, 0.2) is 36.4 Å². The molecule has 0 aliphatic heterocycles. The van der Waals surface area contributed by atoms with Gasteiger partial charge in [-0.2, -0.15) is 0 Å². The molecule has 0 spiro atoms. The number of hydrogen-bond acceptors (Lipinski definition) is 3. The molecule has 0 bridgehead atoms. The summed E-state index contributed by atoms with van der Waals surface area (Å²) in [6.07, 6.45) is 0.118. The number of halogens is 2. The van der Waals surface area contributed by atoms with Gasteiger partial charge in [0.1, 0.15) is 0 Å². The molecule has 3 aromatic rings. The van der Waals surface area contributed by atoms with Gasteiger partial charge in [0, 0.05) is 10.0 Å². The molecule has 1 aromatic heterocycles. The van der Waals surface area contributed by atoms with E-state index in [2.05, 4.69) is 10.3 Å². The van der Waals surface area contributed by atoms with Crippen molar-refractivity contribution in [1.29, 1.82) is 0 Å². The number of rotatable bonds is 3. The van der Waals surface area contributed by atoms with Crippen molar-refractivity contribution < 1.29 is 4.79 Å². The van der Waals surface area contributed by atoms with Crippen molar-refractivity contribution in [2.24, 2.45) is 0 Å². The first-order chi connectivity index (χ1) is 10.5. The molecule has 0 fully saturated rings. The highest BCUT2D eigenvalue weighted by molar-refractivity contribution is 7.22. The van der Waals surface area contributed by atoms with Crippen LogP contribution in [-0.2, 0) is 11.2 Å². The molecule has 0 saturated heterocycles. The number of nitrogens with one attached hydrogen (secondary N) is 1. The van der Waals surface area contributed by atoms with E-state index in [0.29, 0.717) is 20.7 Å². The minimum absolute atomic E-state index is 0.118. The Morgan fingerprint density at radius 2 is 1.86 bits per heavy atom. The molecule has 0 unspecified atom stereocenters. The molecule has 6 heteroatoms. The first-order valence-corrected chi connectivity index (χ1v) is 8.21. The molecule has 3 rings (SSSR count). The topological polar surface area (TPSA) is 42.0 Å². The number of aromatic nitrogens is 1. The van der Waals surface area contributed by atoms with Crippen molar-refractivity contribution in [2.45, 2.75) is 13.3 Å². The van der Waals surface area contributed by atoms with Gasteiger partial charge < -0.3 is 5.32 Å². The zero-order valence-corrected chi connectivity index (χ0v) is 14.0. The highest BCUT2D eigenvalue weighted by Gasteiger charge is 2.13. The van der Waals surface area contributed by atoms with Gasteiger partial charge >= 0.3 is 0 Å². The van der Waals surface area contributed by atoms with Crippen molar-refractivity contribution in [2.75, 3.05) is 5.32 Å². The fraction of sp³-hybridized carbons (Fsp3) is 0.125. The summed E-state index contributed by atoms with van der Waals surface area (Å²) in [6, 6.07) is 11.2. The summed E-state index contributed by atoms with van der Waals surface area (Å²) >= 11 is 13.6. The van der Waals surface area contributed by atoms with Gasteiger partial charge in [0.05, 0.1) is 16.6 Å². The second kappa shape index (κ2) is 6.24. The SMILES string of the molecule is Cc1cccc2sc(NC(=O)Cc3c(Cl)cccc3Cl)nc12. The van der Waals surface area contributed by atoms with Crippen LogP contribution in [0.1, 0.15) is 11.1 Å². The number of fused-ring (bicyclic) bond motifs is 1. The fourth-order valence-corrected chi connectivity index (χ4v) is 3.66. The molecule has 0 radical (unpaired) electrons. The van der Waals surface area contributed by atoms with Crippen molar-refractivity contribution >= 4 is 55.8 Å². The number of carbonyl (C=O) groups is 1. The van der Waals surface area contributed by atoms with Gasteiger partial charge in [-0.05, 0) is 36.2 Å². The Morgan fingerprint density at radius 1 is 1.18 bits per heavy atom. The van der Waals surface area contributed by atoms with Crippen LogP contribution >= 0.6 is 34.5 Å². The fourth-order valence-electron chi connectivity index (χ4n) is 2.16. The lowest BCUT2D eigenvalue weighted by molar-refractivity contribution is -0.115. The Kier molecular flexibility index (Phi) is 4.34. The van der Waals surface area contributed by atoms with Crippen LogP contribution in [-0.4, -0.2) is 10.9 Å². The van der Waals surface area contributed by atoms with E-state index < -0.39 is 0 Å². The van der Waals surface area contributed by atoms with E-state index >= 15 is 0 Å². The van der Waals surface area contributed by atoms with Gasteiger partial charge in [0.15, 0.2) is 5.13 Å². The van der Waals surface area contributed by atoms with Crippen molar-refractivity contribution in [3.63, 3.8) is 0 Å². The highest BCUT2D eigenvalue weighted by atomic mass is 35.5. The molecule has 22 heavy (non-hydrogen) atoms. The van der Waals surface area contributed by atoms with Crippen LogP contribution < -0.4 is 5.32 Å². The minimum Gasteiger partial charge on any atom is -0.302 e. The average Bonchev–Trinajstić information content (AvgIpc) is 2.87. The summed E-state index contributed by atoms with van der Waals surface area (Å²) in [5, 5.41) is 4.37. The number of para-hydroxylation sites is 1. The van der Waals surface area contributed by atoms with Crippen molar-refractivity contribution in [1.82, 2.24) is 4.98 Å². The number of aryl methyl sites for hydroxylation is 1. The Hall–Kier alpha value is -1.62. The maximum Gasteiger partial charge on any atom is 0.230 e. The normalized spacial score (nSPS) is 10.9. The molecular formula is C16H12Cl2N2OS. The molecule has 1 N–H and O–H groups in total. The third-order valence-electron chi connectivity index (χ3n) is 3.27. The Labute approximate surface area is 141 Å². The lowest BCUT2D eigenvalue weighted by Gasteiger charge is -2.06. The number of anilines is 1. The summed E-state index contributed by atoms with van der Waals surface area (Å²) < 4.78 is 1.05. The number of carbonyl (C=O) groups excluding carboxylic acids is 1. The van der Waals surface area contributed by atoms with Crippen LogP contribution in [0.3, 0.4) is 0 Å². The molecule has 2 aromatic carbocycles. The van der Waals surface area contributed by atoms with E-state index in [9.17, 15) is 4.79 Å². The molecule has 3 nitrogen and oxygen atoms in total. The number of nitrogens with zero attached hydrogens (tertiary/aromatic N) is 1. The van der Waals surface area contributed by atoms with Gasteiger partial charge in [-0.3, -0.25) is 4.79 Å². The Balaban J connectivity index is 1.80. The van der Waals surface area contributed by atoms with Crippen molar-refractivity contribution in [3.05, 3.63) is 57.6 Å². The molecule has 0 saturated carbocycles. The summed E-state index contributed by atoms with van der Waals surface area (Å²) in [7, 11) is 0. The molecule has 0 aliphatic carbocycles. The van der Waals surface area contributed by atoms with Gasteiger partial charge in [-0.1, -0.05) is 52.7 Å². The van der Waals surface area contributed by atoms with E-state index in [1.165, 1.54) is 11.3 Å². The zero-order valence-electron chi connectivity index (χ0n) is 11.7. The lowest BCUT2D eigenvalue weighted by atomic mass is 10.1. The van der Waals surface area contributed by atoms with E-state index in [1.807, 2.05) is 25.1 Å². The first-order valence-electron chi connectivity index (χ1n) is 6.63. The van der Waals surface area contributed by atoms with Crippen molar-refractivity contribution in [3.8, 4) is 0 Å².